The maximum Gasteiger partial charge on any atom is 0.333 e. The minimum absolute atomic E-state index is 0.188. The molecule has 0 N–H and O–H groups in total. The standard InChI is InChI=1S/C46H54O9S/c1-31(2)43(47)54-29-45(6,7)27-52-25-38-23-36(12-11-33(38)5)34-13-18-40(19-14-34)56(49,50)41-20-15-35(16-21-41)37-17-22-42(51-10)39(24-37)26-53-28-46(8,9)30-55-44(48)32(3)4/h11-24H,1,3,25-30H2,2,4-10H3. The molecule has 0 saturated carbocycles. The van der Waals surface area contributed by atoms with E-state index in [9.17, 15) is 18.0 Å². The Morgan fingerprint density at radius 1 is 0.589 bits per heavy atom. The van der Waals surface area contributed by atoms with Gasteiger partial charge in [-0.3, -0.25) is 0 Å². The van der Waals surface area contributed by atoms with E-state index in [0.717, 1.165) is 38.9 Å². The largest absolute Gasteiger partial charge is 0.496 e. The number of carbonyl (C=O) groups is 2. The molecule has 0 amide bonds. The Balaban J connectivity index is 1.41. The van der Waals surface area contributed by atoms with Gasteiger partial charge in [0.05, 0.1) is 56.5 Å². The second kappa shape index (κ2) is 18.7. The van der Waals surface area contributed by atoms with Gasteiger partial charge in [0.25, 0.3) is 0 Å². The van der Waals surface area contributed by atoms with Gasteiger partial charge in [0, 0.05) is 27.5 Å². The van der Waals surface area contributed by atoms with Crippen LogP contribution in [0.4, 0.5) is 0 Å². The summed E-state index contributed by atoms with van der Waals surface area (Å²) in [5.41, 5.74) is 6.35. The Morgan fingerprint density at radius 3 is 1.41 bits per heavy atom. The van der Waals surface area contributed by atoms with Crippen LogP contribution in [-0.4, -0.2) is 53.9 Å². The van der Waals surface area contributed by atoms with Crippen molar-refractivity contribution in [1.29, 1.82) is 0 Å². The zero-order chi connectivity index (χ0) is 41.3. The van der Waals surface area contributed by atoms with Crippen molar-refractivity contribution < 1.29 is 41.7 Å². The predicted octanol–water partition coefficient (Wildman–Crippen LogP) is 9.49. The molecule has 0 saturated heterocycles. The molecule has 0 aromatic heterocycles. The number of sulfone groups is 1. The molecule has 10 heteroatoms. The first kappa shape index (κ1) is 43.7. The number of aryl methyl sites for hydroxylation is 1. The summed E-state index contributed by atoms with van der Waals surface area (Å²) in [7, 11) is -2.19. The zero-order valence-corrected chi connectivity index (χ0v) is 34.6. The van der Waals surface area contributed by atoms with Crippen LogP contribution in [0.3, 0.4) is 0 Å². The number of ether oxygens (including phenoxy) is 5. The van der Waals surface area contributed by atoms with Gasteiger partial charge in [0.15, 0.2) is 0 Å². The quantitative estimate of drug-likeness (QED) is 0.0678. The lowest BCUT2D eigenvalue weighted by atomic mass is 9.96. The van der Waals surface area contributed by atoms with Crippen LogP contribution in [0, 0.1) is 17.8 Å². The predicted molar refractivity (Wildman–Crippen MR) is 219 cm³/mol. The van der Waals surface area contributed by atoms with E-state index in [0.29, 0.717) is 36.7 Å². The molecule has 0 atom stereocenters. The third kappa shape index (κ3) is 12.0. The highest BCUT2D eigenvalue weighted by Crippen LogP contribution is 2.31. The summed E-state index contributed by atoms with van der Waals surface area (Å²) in [6.07, 6.45) is 0. The third-order valence-electron chi connectivity index (χ3n) is 9.01. The van der Waals surface area contributed by atoms with Crippen molar-refractivity contribution in [2.75, 3.05) is 33.5 Å². The van der Waals surface area contributed by atoms with Gasteiger partial charge < -0.3 is 23.7 Å². The molecule has 0 unspecified atom stereocenters. The van der Waals surface area contributed by atoms with Gasteiger partial charge in [-0.2, -0.15) is 0 Å². The summed E-state index contributed by atoms with van der Waals surface area (Å²) in [6.45, 7) is 22.1. The van der Waals surface area contributed by atoms with Crippen LogP contribution < -0.4 is 4.74 Å². The van der Waals surface area contributed by atoms with Gasteiger partial charge in [-0.15, -0.1) is 0 Å². The lowest BCUT2D eigenvalue weighted by Gasteiger charge is -2.24. The second-order valence-electron chi connectivity index (χ2n) is 15.7. The van der Waals surface area contributed by atoms with E-state index in [-0.39, 0.29) is 35.0 Å². The number of benzene rings is 4. The lowest BCUT2D eigenvalue weighted by molar-refractivity contribution is -0.144. The van der Waals surface area contributed by atoms with E-state index in [4.69, 9.17) is 23.7 Å². The van der Waals surface area contributed by atoms with Crippen LogP contribution in [0.1, 0.15) is 58.2 Å². The first-order chi connectivity index (χ1) is 26.3. The molecular formula is C46H54O9S. The average molecular weight is 783 g/mol. The highest BCUT2D eigenvalue weighted by atomic mass is 32.2. The topological polar surface area (TPSA) is 114 Å². The van der Waals surface area contributed by atoms with E-state index in [1.165, 1.54) is 0 Å². The van der Waals surface area contributed by atoms with Gasteiger partial charge in [-0.1, -0.05) is 83.3 Å². The fraction of sp³-hybridized carbons (Fsp3) is 0.348. The molecule has 56 heavy (non-hydrogen) atoms. The number of carbonyl (C=O) groups excluding carboxylic acids is 2. The van der Waals surface area contributed by atoms with Gasteiger partial charge in [0.1, 0.15) is 5.75 Å². The fourth-order valence-corrected chi connectivity index (χ4v) is 6.85. The van der Waals surface area contributed by atoms with Crippen LogP contribution in [0.2, 0.25) is 0 Å². The number of hydrogen-bond donors (Lipinski definition) is 0. The minimum atomic E-state index is -3.79. The lowest BCUT2D eigenvalue weighted by Crippen LogP contribution is -2.27. The van der Waals surface area contributed by atoms with Crippen molar-refractivity contribution in [1.82, 2.24) is 0 Å². The summed E-state index contributed by atoms with van der Waals surface area (Å²) in [4.78, 5) is 24.0. The number of hydrogen-bond acceptors (Lipinski definition) is 9. The Kier molecular flexibility index (Phi) is 14.6. The maximum absolute atomic E-state index is 13.7. The van der Waals surface area contributed by atoms with Gasteiger partial charge in [-0.25, -0.2) is 18.0 Å². The number of rotatable bonds is 19. The van der Waals surface area contributed by atoms with Gasteiger partial charge >= 0.3 is 11.9 Å². The summed E-state index contributed by atoms with van der Waals surface area (Å²) >= 11 is 0. The Hall–Kier alpha value is -5.03. The van der Waals surface area contributed by atoms with E-state index < -0.39 is 27.2 Å². The van der Waals surface area contributed by atoms with Gasteiger partial charge in [-0.05, 0) is 96.6 Å². The Morgan fingerprint density at radius 2 is 0.982 bits per heavy atom. The van der Waals surface area contributed by atoms with Crippen LogP contribution in [0.25, 0.3) is 22.3 Å². The molecule has 0 spiro atoms. The molecule has 0 heterocycles. The monoisotopic (exact) mass is 782 g/mol. The molecule has 0 aliphatic carbocycles. The van der Waals surface area contributed by atoms with E-state index in [1.54, 1.807) is 57.4 Å². The maximum atomic E-state index is 13.7. The highest BCUT2D eigenvalue weighted by Gasteiger charge is 2.23. The molecule has 0 aliphatic rings. The summed E-state index contributed by atoms with van der Waals surface area (Å²) < 4.78 is 55.6. The number of methoxy groups -OCH3 is 1. The summed E-state index contributed by atoms with van der Waals surface area (Å²) in [5.74, 6) is -0.183. The Labute approximate surface area is 332 Å². The van der Waals surface area contributed by atoms with Crippen molar-refractivity contribution >= 4 is 21.8 Å². The average Bonchev–Trinajstić information content (AvgIpc) is 3.16. The molecule has 0 radical (unpaired) electrons. The smallest absolute Gasteiger partial charge is 0.333 e. The summed E-state index contributed by atoms with van der Waals surface area (Å²) in [5, 5.41) is 0. The van der Waals surface area contributed by atoms with Gasteiger partial charge in [0.2, 0.25) is 9.84 Å². The molecule has 4 aromatic carbocycles. The van der Waals surface area contributed by atoms with E-state index in [1.807, 2.05) is 83.1 Å². The fourth-order valence-electron chi connectivity index (χ4n) is 5.59. The van der Waals surface area contributed by atoms with Crippen molar-refractivity contribution in [3.63, 3.8) is 0 Å². The molecule has 4 aromatic rings. The minimum Gasteiger partial charge on any atom is -0.496 e. The SMILES string of the molecule is C=C(C)C(=O)OCC(C)(C)COCc1cc(-c2ccc(S(=O)(=O)c3ccc(-c4ccc(OC)c(COCC(C)(C)COC(=O)C(=C)C)c4)cc3)cc2)ccc1C. The van der Waals surface area contributed by atoms with E-state index >= 15 is 0 Å². The molecule has 0 fully saturated rings. The van der Waals surface area contributed by atoms with Crippen molar-refractivity contribution in [3.8, 4) is 28.0 Å². The molecule has 4 rings (SSSR count). The van der Waals surface area contributed by atoms with Crippen molar-refractivity contribution in [2.45, 2.75) is 71.5 Å². The first-order valence-corrected chi connectivity index (χ1v) is 19.8. The highest BCUT2D eigenvalue weighted by molar-refractivity contribution is 7.91. The number of esters is 2. The van der Waals surface area contributed by atoms with Crippen molar-refractivity contribution in [2.24, 2.45) is 10.8 Å². The molecule has 0 bridgehead atoms. The first-order valence-electron chi connectivity index (χ1n) is 18.3. The molecule has 9 nitrogen and oxygen atoms in total. The van der Waals surface area contributed by atoms with Crippen LogP contribution in [0.5, 0.6) is 5.75 Å². The van der Waals surface area contributed by atoms with E-state index in [2.05, 4.69) is 13.2 Å². The molecular weight excluding hydrogens is 729 g/mol. The molecule has 298 valence electrons. The van der Waals surface area contributed by atoms with Crippen LogP contribution in [0.15, 0.2) is 119 Å². The Bertz CT molecular complexity index is 2150. The third-order valence-corrected chi connectivity index (χ3v) is 10.8. The zero-order valence-electron chi connectivity index (χ0n) is 33.8. The normalized spacial score (nSPS) is 11.9. The summed E-state index contributed by atoms with van der Waals surface area (Å²) in [6, 6.07) is 25.5. The van der Waals surface area contributed by atoms with Crippen LogP contribution >= 0.6 is 0 Å². The van der Waals surface area contributed by atoms with Crippen LogP contribution in [-0.2, 0) is 51.6 Å². The molecule has 0 aliphatic heterocycles. The second-order valence-corrected chi connectivity index (χ2v) is 17.7. The van der Waals surface area contributed by atoms with Crippen molar-refractivity contribution in [3.05, 3.63) is 126 Å².